The predicted molar refractivity (Wildman–Crippen MR) is 81.0 cm³/mol. The molecule has 0 saturated carbocycles. The minimum Gasteiger partial charge on any atom is -0.494 e. The van der Waals surface area contributed by atoms with E-state index in [0.717, 1.165) is 40.6 Å². The van der Waals surface area contributed by atoms with Gasteiger partial charge < -0.3 is 15.2 Å². The summed E-state index contributed by atoms with van der Waals surface area (Å²) in [5, 5.41) is 12.5. The zero-order valence-corrected chi connectivity index (χ0v) is 13.8. The first kappa shape index (κ1) is 16.0. The normalized spacial score (nSPS) is 12.5. The second-order valence-electron chi connectivity index (χ2n) is 4.26. The van der Waals surface area contributed by atoms with Crippen molar-refractivity contribution in [1.82, 2.24) is 5.32 Å². The molecular formula is C13H19Br2NO2. The first-order chi connectivity index (χ1) is 8.54. The summed E-state index contributed by atoms with van der Waals surface area (Å²) in [6.45, 7) is 3.53. The van der Waals surface area contributed by atoms with Gasteiger partial charge in [-0.2, -0.15) is 0 Å². The highest BCUT2D eigenvalue weighted by Crippen LogP contribution is 2.34. The number of methoxy groups -OCH3 is 1. The highest BCUT2D eigenvalue weighted by atomic mass is 79.9. The van der Waals surface area contributed by atoms with Gasteiger partial charge in [-0.05, 0) is 75.9 Å². The summed E-state index contributed by atoms with van der Waals surface area (Å²) in [6, 6.07) is 4.09. The highest BCUT2D eigenvalue weighted by molar-refractivity contribution is 9.11. The van der Waals surface area contributed by atoms with Crippen LogP contribution in [0.15, 0.2) is 21.1 Å². The number of ether oxygens (including phenoxy) is 1. The summed E-state index contributed by atoms with van der Waals surface area (Å²) in [7, 11) is 1.65. The number of benzene rings is 1. The lowest BCUT2D eigenvalue weighted by Crippen LogP contribution is -2.16. The van der Waals surface area contributed by atoms with Crippen molar-refractivity contribution >= 4 is 31.9 Å². The zero-order chi connectivity index (χ0) is 13.5. The van der Waals surface area contributed by atoms with Gasteiger partial charge in [0.05, 0.1) is 22.2 Å². The quantitative estimate of drug-likeness (QED) is 0.711. The number of halogens is 2. The molecule has 0 spiro atoms. The van der Waals surface area contributed by atoms with Crippen LogP contribution in [0.2, 0.25) is 0 Å². The Labute approximate surface area is 125 Å². The number of nitrogens with one attached hydrogen (secondary N) is 1. The lowest BCUT2D eigenvalue weighted by molar-refractivity contribution is 0.181. The zero-order valence-electron chi connectivity index (χ0n) is 10.7. The van der Waals surface area contributed by atoms with E-state index in [2.05, 4.69) is 37.2 Å². The number of rotatable bonds is 7. The van der Waals surface area contributed by atoms with Crippen molar-refractivity contribution in [1.29, 1.82) is 0 Å². The molecule has 0 aromatic heterocycles. The van der Waals surface area contributed by atoms with Crippen LogP contribution in [0.4, 0.5) is 0 Å². The van der Waals surface area contributed by atoms with Gasteiger partial charge in [0.25, 0.3) is 0 Å². The van der Waals surface area contributed by atoms with E-state index >= 15 is 0 Å². The summed E-state index contributed by atoms with van der Waals surface area (Å²) in [5.41, 5.74) is 1.19. The van der Waals surface area contributed by atoms with E-state index in [0.29, 0.717) is 0 Å². The van der Waals surface area contributed by atoms with E-state index in [1.807, 2.05) is 19.1 Å². The van der Waals surface area contributed by atoms with Crippen molar-refractivity contribution < 1.29 is 9.84 Å². The third-order valence-corrected chi connectivity index (χ3v) is 3.74. The third-order valence-electron chi connectivity index (χ3n) is 2.57. The van der Waals surface area contributed by atoms with Gasteiger partial charge >= 0.3 is 0 Å². The molecule has 0 heterocycles. The van der Waals surface area contributed by atoms with Crippen LogP contribution in [0, 0.1) is 0 Å². The summed E-state index contributed by atoms with van der Waals surface area (Å²) < 4.78 is 7.15. The Kier molecular flexibility index (Phi) is 7.22. The first-order valence-electron chi connectivity index (χ1n) is 5.95. The average Bonchev–Trinajstić information content (AvgIpc) is 2.27. The van der Waals surface area contributed by atoms with Gasteiger partial charge in [0.1, 0.15) is 5.75 Å². The van der Waals surface area contributed by atoms with Crippen molar-refractivity contribution in [3.8, 4) is 5.75 Å². The Hall–Kier alpha value is -0.100. The fraction of sp³-hybridized carbons (Fsp3) is 0.538. The molecule has 2 N–H and O–H groups in total. The Morgan fingerprint density at radius 2 is 1.94 bits per heavy atom. The molecule has 1 atom stereocenters. The van der Waals surface area contributed by atoms with Crippen LogP contribution in [0.5, 0.6) is 5.75 Å². The van der Waals surface area contributed by atoms with Crippen molar-refractivity contribution in [3.05, 3.63) is 26.6 Å². The Morgan fingerprint density at radius 3 is 2.44 bits per heavy atom. The molecule has 1 rings (SSSR count). The Morgan fingerprint density at radius 1 is 1.33 bits per heavy atom. The summed E-state index contributed by atoms with van der Waals surface area (Å²) in [6.07, 6.45) is 1.61. The van der Waals surface area contributed by atoms with Crippen LogP contribution in [-0.2, 0) is 6.54 Å². The van der Waals surface area contributed by atoms with Crippen LogP contribution in [-0.4, -0.2) is 24.9 Å². The van der Waals surface area contributed by atoms with Gasteiger partial charge in [0.2, 0.25) is 0 Å². The topological polar surface area (TPSA) is 41.5 Å². The van der Waals surface area contributed by atoms with Gasteiger partial charge in [-0.15, -0.1) is 0 Å². The maximum Gasteiger partial charge on any atom is 0.147 e. The van der Waals surface area contributed by atoms with E-state index in [1.54, 1.807) is 7.11 Å². The summed E-state index contributed by atoms with van der Waals surface area (Å²) in [4.78, 5) is 0. The summed E-state index contributed by atoms with van der Waals surface area (Å²) in [5.74, 6) is 0.813. The van der Waals surface area contributed by atoms with Crippen molar-refractivity contribution in [3.63, 3.8) is 0 Å². The fourth-order valence-electron chi connectivity index (χ4n) is 1.66. The van der Waals surface area contributed by atoms with Gasteiger partial charge in [-0.3, -0.25) is 0 Å². The van der Waals surface area contributed by atoms with Crippen molar-refractivity contribution in [2.75, 3.05) is 13.7 Å². The van der Waals surface area contributed by atoms with Crippen LogP contribution in [0.3, 0.4) is 0 Å². The predicted octanol–water partition coefficient (Wildman–Crippen LogP) is 3.47. The maximum atomic E-state index is 9.15. The second-order valence-corrected chi connectivity index (χ2v) is 5.97. The van der Waals surface area contributed by atoms with E-state index in [9.17, 15) is 0 Å². The lowest BCUT2D eigenvalue weighted by atomic mass is 10.2. The molecule has 0 bridgehead atoms. The minimum absolute atomic E-state index is 0.212. The molecule has 0 aliphatic rings. The van der Waals surface area contributed by atoms with Crippen molar-refractivity contribution in [2.45, 2.75) is 32.4 Å². The SMILES string of the molecule is COc1c(Br)cc(CNCCCC(C)O)cc1Br. The maximum absolute atomic E-state index is 9.15. The summed E-state index contributed by atoms with van der Waals surface area (Å²) >= 11 is 6.97. The molecule has 0 aliphatic heterocycles. The van der Waals surface area contributed by atoms with Crippen LogP contribution >= 0.6 is 31.9 Å². The molecule has 0 saturated heterocycles. The van der Waals surface area contributed by atoms with Gasteiger partial charge in [0.15, 0.2) is 0 Å². The first-order valence-corrected chi connectivity index (χ1v) is 7.54. The average molecular weight is 381 g/mol. The number of aliphatic hydroxyl groups excluding tert-OH is 1. The van der Waals surface area contributed by atoms with Crippen LogP contribution < -0.4 is 10.1 Å². The van der Waals surface area contributed by atoms with Crippen LogP contribution in [0.1, 0.15) is 25.3 Å². The largest absolute Gasteiger partial charge is 0.494 e. The minimum atomic E-state index is -0.212. The lowest BCUT2D eigenvalue weighted by Gasteiger charge is -2.10. The smallest absolute Gasteiger partial charge is 0.147 e. The third kappa shape index (κ3) is 5.26. The monoisotopic (exact) mass is 379 g/mol. The van der Waals surface area contributed by atoms with Gasteiger partial charge in [-0.1, -0.05) is 0 Å². The van der Waals surface area contributed by atoms with Crippen molar-refractivity contribution in [2.24, 2.45) is 0 Å². The molecule has 0 fully saturated rings. The second kappa shape index (κ2) is 8.15. The molecular weight excluding hydrogens is 362 g/mol. The highest BCUT2D eigenvalue weighted by Gasteiger charge is 2.07. The van der Waals surface area contributed by atoms with E-state index in [4.69, 9.17) is 9.84 Å². The molecule has 1 unspecified atom stereocenters. The Bertz CT molecular complexity index is 360. The van der Waals surface area contributed by atoms with E-state index in [-0.39, 0.29) is 6.10 Å². The standard InChI is InChI=1S/C13H19Br2NO2/c1-9(17)4-3-5-16-8-10-6-11(14)13(18-2)12(15)7-10/h6-7,9,16-17H,3-5,8H2,1-2H3. The van der Waals surface area contributed by atoms with E-state index in [1.165, 1.54) is 5.56 Å². The van der Waals surface area contributed by atoms with Gasteiger partial charge in [-0.25, -0.2) is 0 Å². The molecule has 18 heavy (non-hydrogen) atoms. The number of hydrogen-bond donors (Lipinski definition) is 2. The molecule has 0 aliphatic carbocycles. The number of aliphatic hydroxyl groups is 1. The molecule has 1 aromatic carbocycles. The number of hydrogen-bond acceptors (Lipinski definition) is 3. The molecule has 3 nitrogen and oxygen atoms in total. The van der Waals surface area contributed by atoms with E-state index < -0.39 is 0 Å². The molecule has 1 aromatic rings. The fourth-order valence-corrected chi connectivity index (χ4v) is 3.27. The van der Waals surface area contributed by atoms with Gasteiger partial charge in [0, 0.05) is 6.54 Å². The molecule has 5 heteroatoms. The van der Waals surface area contributed by atoms with Crippen LogP contribution in [0.25, 0.3) is 0 Å². The molecule has 0 radical (unpaired) electrons. The Balaban J connectivity index is 2.44. The molecule has 102 valence electrons. The molecule has 0 amide bonds.